The minimum absolute atomic E-state index is 0.0000804. The molecule has 36 nitrogen and oxygen atoms in total. The maximum atomic E-state index is 14.9. The van der Waals surface area contributed by atoms with Crippen molar-refractivity contribution in [3.63, 3.8) is 0 Å². The number of halogens is 2. The van der Waals surface area contributed by atoms with Gasteiger partial charge in [-0.3, -0.25) is 29.0 Å². The number of nitrogens with zero attached hydrogens (tertiary/aromatic N) is 11. The van der Waals surface area contributed by atoms with Crippen LogP contribution in [-0.2, 0) is 43.0 Å². The van der Waals surface area contributed by atoms with Crippen LogP contribution in [0.25, 0.3) is 33.4 Å². The Balaban J connectivity index is 0.000000210. The highest BCUT2D eigenvalue weighted by Crippen LogP contribution is 2.54. The Morgan fingerprint density at radius 3 is 1.28 bits per heavy atom. The van der Waals surface area contributed by atoms with E-state index in [-0.39, 0.29) is 79.9 Å². The van der Waals surface area contributed by atoms with Gasteiger partial charge in [0.1, 0.15) is 113 Å². The lowest BCUT2D eigenvalue weighted by molar-refractivity contribution is -0.146. The lowest BCUT2D eigenvalue weighted by atomic mass is 9.85. The third-order valence-electron chi connectivity index (χ3n) is 27.2. The van der Waals surface area contributed by atoms with E-state index in [0.29, 0.717) is 157 Å². The van der Waals surface area contributed by atoms with Crippen LogP contribution >= 0.6 is 23.2 Å². The second kappa shape index (κ2) is 41.6. The first-order valence-corrected chi connectivity index (χ1v) is 48.7. The van der Waals surface area contributed by atoms with E-state index in [4.69, 9.17) is 76.5 Å². The molecule has 2 aromatic carbocycles. The van der Waals surface area contributed by atoms with Gasteiger partial charge < -0.3 is 95.3 Å². The second-order valence-electron chi connectivity index (χ2n) is 41.4. The van der Waals surface area contributed by atoms with E-state index in [1.807, 2.05) is 159 Å². The molecule has 38 heteroatoms. The number of fused-ring (bicyclic) bond motifs is 4. The number of hydrogen-bond acceptors (Lipinski definition) is 25. The summed E-state index contributed by atoms with van der Waals surface area (Å²) in [6.07, 6.45) is 7.64. The average Bonchev–Trinajstić information content (AvgIpc) is 1.58. The second-order valence-corrected chi connectivity index (χ2v) is 42.2. The molecule has 9 N–H and O–H groups in total. The minimum atomic E-state index is -1.42. The maximum absolute atomic E-state index is 14.9. The van der Waals surface area contributed by atoms with Gasteiger partial charge in [-0.15, -0.1) is 33.4 Å². The van der Waals surface area contributed by atoms with Crippen LogP contribution < -0.4 is 56.2 Å². The SMILES string of the molecule is CC[C@@H]1C[C@]1(NC(=O)[C@@H]1C[C@@H](Oc2cc(-n3ccc(NC(C)C)n3)nc3cc(OCCN4CCN(C(=O)OC(C)(C)C)CC4)ccc23)CN1C(=O)[C@@H](NC(=O)OC1C[C@@H]2C[C@@H]2C1)C(C)(C)C)C(=O)O.CC[C@@H]1C[C@]1(NC(=O)[C@@H]1C[C@@H](Oc2cc(-n3ccc(NC(C)C)n3)nc3cc(OCCN4CCNCC4)ccc23)CN1C(=O)[C@@H](NC(=O)OC1C[C@@H]2C[C@@H]2C1)C(C)(C)C)C(=O)O.ClCCl. The number of carbonyl (C=O) groups excluding carboxylic acids is 7. The van der Waals surface area contributed by atoms with Crippen molar-refractivity contribution in [3.8, 4) is 34.6 Å². The van der Waals surface area contributed by atoms with E-state index in [1.54, 1.807) is 32.6 Å². The Kier molecular flexibility index (Phi) is 30.9. The van der Waals surface area contributed by atoms with E-state index < -0.39 is 112 Å². The van der Waals surface area contributed by atoms with Crippen molar-refractivity contribution in [2.45, 2.75) is 258 Å². The Morgan fingerprint density at radius 2 is 0.918 bits per heavy atom. The number of pyridine rings is 2. The molecular formula is C96H136Cl2N18O18. The van der Waals surface area contributed by atoms with Crippen molar-refractivity contribution < 1.29 is 86.5 Å². The number of carboxylic acid groups (broad SMARTS) is 2. The number of ether oxygens (including phenoxy) is 7. The monoisotopic (exact) mass is 1900 g/mol. The molecule has 10 aliphatic rings. The first-order valence-electron chi connectivity index (χ1n) is 47.7. The normalized spacial score (nSPS) is 26.2. The number of aliphatic carboxylic acids is 2. The molecule has 0 radical (unpaired) electrons. The molecule has 16 atom stereocenters. The molecule has 6 aliphatic carbocycles. The first-order chi connectivity index (χ1) is 63.6. The highest BCUT2D eigenvalue weighted by atomic mass is 35.5. The van der Waals surface area contributed by atoms with Crippen molar-refractivity contribution in [1.82, 2.24) is 80.6 Å². The number of hydrogen-bond donors (Lipinski definition) is 9. The van der Waals surface area contributed by atoms with Gasteiger partial charge in [-0.2, -0.15) is 0 Å². The number of alkyl halides is 2. The Labute approximate surface area is 793 Å². The molecule has 0 spiro atoms. The van der Waals surface area contributed by atoms with Gasteiger partial charge in [-0.25, -0.2) is 43.3 Å². The molecule has 6 saturated carbocycles. The molecular weight excluding hydrogens is 1760 g/mol. The molecule has 4 aromatic heterocycles. The van der Waals surface area contributed by atoms with Gasteiger partial charge in [0.15, 0.2) is 11.6 Å². The third-order valence-corrected chi connectivity index (χ3v) is 27.2. The fourth-order valence-corrected chi connectivity index (χ4v) is 19.6. The van der Waals surface area contributed by atoms with Gasteiger partial charge >= 0.3 is 30.2 Å². The lowest BCUT2D eigenvalue weighted by Gasteiger charge is -2.35. The lowest BCUT2D eigenvalue weighted by Crippen LogP contribution is -2.59. The Bertz CT molecular complexity index is 5200. The molecule has 7 amide bonds. The number of carboxylic acids is 2. The first kappa shape index (κ1) is 99.5. The number of rotatable bonds is 32. The predicted molar refractivity (Wildman–Crippen MR) is 504 cm³/mol. The zero-order chi connectivity index (χ0) is 96.2. The summed E-state index contributed by atoms with van der Waals surface area (Å²) in [7, 11) is 0. The van der Waals surface area contributed by atoms with Crippen molar-refractivity contribution in [1.29, 1.82) is 0 Å². The molecule has 134 heavy (non-hydrogen) atoms. The van der Waals surface area contributed by atoms with E-state index in [0.717, 1.165) is 58.4 Å². The summed E-state index contributed by atoms with van der Waals surface area (Å²) in [4.78, 5) is 142. The number of likely N-dealkylation sites (tertiary alicyclic amines) is 2. The van der Waals surface area contributed by atoms with E-state index in [9.17, 15) is 53.4 Å². The van der Waals surface area contributed by atoms with Crippen LogP contribution in [-0.4, -0.2) is 293 Å². The summed E-state index contributed by atoms with van der Waals surface area (Å²) in [5, 5.41) is 52.8. The minimum Gasteiger partial charge on any atom is -0.492 e. The van der Waals surface area contributed by atoms with Gasteiger partial charge in [0, 0.05) is 150 Å². The van der Waals surface area contributed by atoms with Gasteiger partial charge in [0.2, 0.25) is 23.6 Å². The topological polar surface area (TPSA) is 421 Å². The quantitative estimate of drug-likeness (QED) is 0.0140. The summed E-state index contributed by atoms with van der Waals surface area (Å²) in [6.45, 7) is 37.2. The third kappa shape index (κ3) is 24.5. The molecule has 0 bridgehead atoms. The molecule has 732 valence electrons. The van der Waals surface area contributed by atoms with Crippen LogP contribution in [0.4, 0.5) is 26.0 Å². The molecule has 4 saturated heterocycles. The van der Waals surface area contributed by atoms with Gasteiger partial charge in [-0.1, -0.05) is 68.2 Å². The number of piperazine rings is 2. The Hall–Kier alpha value is -10.4. The summed E-state index contributed by atoms with van der Waals surface area (Å²) in [5.41, 5.74) is -3.79. The number of benzene rings is 2. The predicted octanol–water partition coefficient (Wildman–Crippen LogP) is 11.4. The van der Waals surface area contributed by atoms with Crippen LogP contribution in [0.2, 0.25) is 0 Å². The molecule has 6 aromatic rings. The number of amides is 7. The Morgan fingerprint density at radius 1 is 0.522 bits per heavy atom. The molecule has 10 fully saturated rings. The largest absolute Gasteiger partial charge is 0.492 e. The van der Waals surface area contributed by atoms with Gasteiger partial charge in [-0.05, 0) is 170 Å². The van der Waals surface area contributed by atoms with Crippen molar-refractivity contribution in [2.24, 2.45) is 46.3 Å². The summed E-state index contributed by atoms with van der Waals surface area (Å²) < 4.78 is 46.6. The van der Waals surface area contributed by atoms with Gasteiger partial charge in [0.05, 0.1) is 29.5 Å². The van der Waals surface area contributed by atoms with Crippen LogP contribution in [0.1, 0.15) is 181 Å². The fourth-order valence-electron chi connectivity index (χ4n) is 19.6. The number of alkyl carbamates (subject to hydrolysis) is 2. The fraction of sp³-hybridized carbons (Fsp3) is 0.656. The zero-order valence-electron chi connectivity index (χ0n) is 79.9. The average molecular weight is 1900 g/mol. The summed E-state index contributed by atoms with van der Waals surface area (Å²) in [6, 6.07) is 14.4. The highest BCUT2D eigenvalue weighted by molar-refractivity contribution is 6.40. The van der Waals surface area contributed by atoms with Crippen molar-refractivity contribution in [3.05, 3.63) is 73.1 Å². The van der Waals surface area contributed by atoms with Crippen LogP contribution in [0.3, 0.4) is 0 Å². The number of aromatic nitrogens is 6. The number of carbonyl (C=O) groups is 9. The maximum Gasteiger partial charge on any atom is 0.410 e. The summed E-state index contributed by atoms with van der Waals surface area (Å²) in [5.74, 6) is 1.97. The molecule has 2 unspecified atom stereocenters. The van der Waals surface area contributed by atoms with E-state index in [2.05, 4.69) is 47.0 Å². The highest BCUT2D eigenvalue weighted by Gasteiger charge is 2.63. The van der Waals surface area contributed by atoms with Gasteiger partial charge in [0.25, 0.3) is 0 Å². The molecule has 16 rings (SSSR count). The van der Waals surface area contributed by atoms with Crippen LogP contribution in [0, 0.1) is 46.3 Å². The standard InChI is InChI=1S/C50H71N9O10.C45H63N9O8.CH2Cl2/c1-10-32-27-50(32,45(62)63)54-43(60)38-25-35(28-58(38)44(61)42(48(4,5)6)53-46(64)68-34-22-30-21-31(30)23-34)67-39-26-41(59-14-13-40(55-59)51-29(2)3)52-37-24-33(11-12-36(37)39)66-20-19-56-15-17-57(18-16-56)47(65)69-49(7,8)9;1-7-29-24-45(29,42(57)58)50-40(55)35-22-32(25-53(35)41(56)39(44(4,5)6)49-43(59)62-31-19-27-18-28(27)20-31)61-36-23-38(54-13-10-37(51-54)47-26(2)3)48-34-21-30(8-9-33(34)36)60-17-16-52-14-11-46-12-15-52;2-1-3/h11-14,24,26,29-32,34-35,38,42H,10,15-23,25,27-28H2,1-9H3,(H,51,55)(H,53,64)(H,54,60)(H,62,63);8-10,13,21,23,26-29,31-32,35,39,46H,7,11-12,14-20,22,24-25H2,1-6H3,(H,47,51)(H,49,59)(H,50,55)(H,57,58);1H2/t30-,31+,32-,34?,35-,38+,42-,50-;27-,28+,29-,31?,32-,35+,39-,45-;/m11./s1. The van der Waals surface area contributed by atoms with E-state index in [1.165, 1.54) is 22.6 Å². The van der Waals surface area contributed by atoms with Crippen LogP contribution in [0.5, 0.6) is 23.0 Å². The van der Waals surface area contributed by atoms with Crippen molar-refractivity contribution in [2.75, 3.05) is 108 Å². The summed E-state index contributed by atoms with van der Waals surface area (Å²) >= 11 is 9.53. The van der Waals surface area contributed by atoms with Crippen molar-refractivity contribution >= 4 is 110 Å². The zero-order valence-corrected chi connectivity index (χ0v) is 81.4. The van der Waals surface area contributed by atoms with Crippen LogP contribution in [0.15, 0.2) is 73.1 Å². The number of anilines is 2. The smallest absolute Gasteiger partial charge is 0.410 e. The molecule has 8 heterocycles. The van der Waals surface area contributed by atoms with E-state index >= 15 is 0 Å². The number of nitrogens with one attached hydrogen (secondary N) is 7. The molecule has 4 aliphatic heterocycles.